The molecule has 2 atom stereocenters. The average Bonchev–Trinajstić information content (AvgIpc) is 2.47. The molecule has 0 saturated carbocycles. The number of nitrogens with zero attached hydrogens (tertiary/aromatic N) is 1. The normalized spacial score (nSPS) is 21.1. The summed E-state index contributed by atoms with van der Waals surface area (Å²) in [5.41, 5.74) is 0.730. The summed E-state index contributed by atoms with van der Waals surface area (Å²) in [6.07, 6.45) is 2.45. The molecule has 0 aromatic heterocycles. The molecule has 0 radical (unpaired) electrons. The summed E-state index contributed by atoms with van der Waals surface area (Å²) in [5, 5.41) is 12.1. The quantitative estimate of drug-likeness (QED) is 0.882. The second-order valence-electron chi connectivity index (χ2n) is 5.12. The molecule has 5 nitrogen and oxygen atoms in total. The smallest absolute Gasteiger partial charge is 0.320 e. The lowest BCUT2D eigenvalue weighted by Crippen LogP contribution is -2.53. The van der Waals surface area contributed by atoms with Gasteiger partial charge in [0, 0.05) is 5.69 Å². The SMILES string of the molecule is CC(C(=O)Nc1ccccc1)N1CCCCC1C(=O)O. The van der Waals surface area contributed by atoms with Crippen molar-refractivity contribution < 1.29 is 14.7 Å². The van der Waals surface area contributed by atoms with E-state index < -0.39 is 18.1 Å². The predicted octanol–water partition coefficient (Wildman–Crippen LogP) is 1.95. The summed E-state index contributed by atoms with van der Waals surface area (Å²) in [6, 6.07) is 8.20. The highest BCUT2D eigenvalue weighted by atomic mass is 16.4. The van der Waals surface area contributed by atoms with Crippen molar-refractivity contribution in [2.45, 2.75) is 38.3 Å². The van der Waals surface area contributed by atoms with Gasteiger partial charge in [0.05, 0.1) is 6.04 Å². The van der Waals surface area contributed by atoms with Crippen molar-refractivity contribution in [3.05, 3.63) is 30.3 Å². The lowest BCUT2D eigenvalue weighted by atomic mass is 10.00. The fourth-order valence-corrected chi connectivity index (χ4v) is 2.60. The van der Waals surface area contributed by atoms with Crippen molar-refractivity contribution >= 4 is 17.6 Å². The van der Waals surface area contributed by atoms with Crippen molar-refractivity contribution in [2.24, 2.45) is 0 Å². The van der Waals surface area contributed by atoms with Gasteiger partial charge in [-0.2, -0.15) is 0 Å². The fourth-order valence-electron chi connectivity index (χ4n) is 2.60. The third-order valence-corrected chi connectivity index (χ3v) is 3.75. The summed E-state index contributed by atoms with van der Waals surface area (Å²) in [7, 11) is 0. The van der Waals surface area contributed by atoms with E-state index in [1.54, 1.807) is 11.8 Å². The molecule has 1 fully saturated rings. The third kappa shape index (κ3) is 3.36. The maximum Gasteiger partial charge on any atom is 0.320 e. The molecule has 20 heavy (non-hydrogen) atoms. The molecule has 0 aliphatic carbocycles. The molecular formula is C15H20N2O3. The zero-order valence-electron chi connectivity index (χ0n) is 11.6. The Hall–Kier alpha value is -1.88. The van der Waals surface area contributed by atoms with E-state index in [0.717, 1.165) is 18.5 Å². The number of para-hydroxylation sites is 1. The Labute approximate surface area is 118 Å². The maximum absolute atomic E-state index is 12.2. The van der Waals surface area contributed by atoms with Crippen LogP contribution in [0.2, 0.25) is 0 Å². The molecule has 1 heterocycles. The molecule has 2 N–H and O–H groups in total. The van der Waals surface area contributed by atoms with Gasteiger partial charge in [-0.1, -0.05) is 24.6 Å². The molecule has 0 bridgehead atoms. The topological polar surface area (TPSA) is 69.6 Å². The largest absolute Gasteiger partial charge is 0.480 e. The molecule has 1 saturated heterocycles. The summed E-state index contributed by atoms with van der Waals surface area (Å²) < 4.78 is 0. The lowest BCUT2D eigenvalue weighted by molar-refractivity contribution is -0.146. The van der Waals surface area contributed by atoms with Crippen LogP contribution in [-0.2, 0) is 9.59 Å². The van der Waals surface area contributed by atoms with E-state index in [0.29, 0.717) is 13.0 Å². The summed E-state index contributed by atoms with van der Waals surface area (Å²) in [4.78, 5) is 25.3. The van der Waals surface area contributed by atoms with Crippen molar-refractivity contribution in [1.29, 1.82) is 0 Å². The van der Waals surface area contributed by atoms with Gasteiger partial charge in [-0.25, -0.2) is 0 Å². The van der Waals surface area contributed by atoms with Gasteiger partial charge in [0.2, 0.25) is 5.91 Å². The van der Waals surface area contributed by atoms with E-state index in [4.69, 9.17) is 0 Å². The Morgan fingerprint density at radius 1 is 1.30 bits per heavy atom. The van der Waals surface area contributed by atoms with Gasteiger partial charge in [0.25, 0.3) is 0 Å². The van der Waals surface area contributed by atoms with E-state index >= 15 is 0 Å². The second-order valence-corrected chi connectivity index (χ2v) is 5.12. The van der Waals surface area contributed by atoms with Gasteiger partial charge in [0.1, 0.15) is 6.04 Å². The number of carbonyl (C=O) groups is 2. The van der Waals surface area contributed by atoms with E-state index in [-0.39, 0.29) is 5.91 Å². The number of nitrogens with one attached hydrogen (secondary N) is 1. The number of hydrogen-bond acceptors (Lipinski definition) is 3. The minimum Gasteiger partial charge on any atom is -0.480 e. The van der Waals surface area contributed by atoms with E-state index in [2.05, 4.69) is 5.32 Å². The zero-order chi connectivity index (χ0) is 14.5. The van der Waals surface area contributed by atoms with Crippen LogP contribution in [0.3, 0.4) is 0 Å². The van der Waals surface area contributed by atoms with Gasteiger partial charge >= 0.3 is 5.97 Å². The van der Waals surface area contributed by atoms with Gasteiger partial charge in [-0.3, -0.25) is 14.5 Å². The predicted molar refractivity (Wildman–Crippen MR) is 76.5 cm³/mol. The van der Waals surface area contributed by atoms with E-state index in [9.17, 15) is 14.7 Å². The first-order valence-corrected chi connectivity index (χ1v) is 6.94. The first-order chi connectivity index (χ1) is 9.59. The number of anilines is 1. The van der Waals surface area contributed by atoms with E-state index in [1.807, 2.05) is 30.3 Å². The van der Waals surface area contributed by atoms with Crippen LogP contribution in [0.4, 0.5) is 5.69 Å². The standard InChI is InChI=1S/C15H20N2O3/c1-11(14(18)16-12-7-3-2-4-8-12)17-10-6-5-9-13(17)15(19)20/h2-4,7-8,11,13H,5-6,9-10H2,1H3,(H,16,18)(H,19,20). The molecule has 1 aromatic carbocycles. The van der Waals surface area contributed by atoms with Crippen molar-refractivity contribution in [3.8, 4) is 0 Å². The Morgan fingerprint density at radius 3 is 2.65 bits per heavy atom. The van der Waals surface area contributed by atoms with Gasteiger partial charge in [0.15, 0.2) is 0 Å². The molecule has 2 rings (SSSR count). The number of carbonyl (C=O) groups excluding carboxylic acids is 1. The Kier molecular flexibility index (Phi) is 4.74. The molecule has 1 amide bonds. The first kappa shape index (κ1) is 14.5. The minimum atomic E-state index is -0.843. The van der Waals surface area contributed by atoms with Crippen LogP contribution in [0, 0.1) is 0 Å². The number of carboxylic acid groups (broad SMARTS) is 1. The number of rotatable bonds is 4. The second kappa shape index (κ2) is 6.52. The fraction of sp³-hybridized carbons (Fsp3) is 0.467. The molecule has 5 heteroatoms. The highest BCUT2D eigenvalue weighted by molar-refractivity contribution is 5.94. The van der Waals surface area contributed by atoms with Gasteiger partial charge in [-0.05, 0) is 38.4 Å². The molecule has 108 valence electrons. The summed E-state index contributed by atoms with van der Waals surface area (Å²) in [6.45, 7) is 2.42. The van der Waals surface area contributed by atoms with E-state index in [1.165, 1.54) is 0 Å². The minimum absolute atomic E-state index is 0.163. The number of carboxylic acids is 1. The molecular weight excluding hydrogens is 256 g/mol. The van der Waals surface area contributed by atoms with Crippen LogP contribution in [0.1, 0.15) is 26.2 Å². The van der Waals surface area contributed by atoms with Gasteiger partial charge < -0.3 is 10.4 Å². The molecule has 1 aromatic rings. The Balaban J connectivity index is 2.03. The first-order valence-electron chi connectivity index (χ1n) is 6.94. The number of amides is 1. The third-order valence-electron chi connectivity index (χ3n) is 3.75. The van der Waals surface area contributed by atoms with Crippen molar-refractivity contribution in [3.63, 3.8) is 0 Å². The lowest BCUT2D eigenvalue weighted by Gasteiger charge is -2.36. The average molecular weight is 276 g/mol. The van der Waals surface area contributed by atoms with Crippen LogP contribution in [-0.4, -0.2) is 40.5 Å². The number of piperidine rings is 1. The van der Waals surface area contributed by atoms with Crippen LogP contribution in [0.15, 0.2) is 30.3 Å². The van der Waals surface area contributed by atoms with Crippen LogP contribution < -0.4 is 5.32 Å². The Bertz CT molecular complexity index is 475. The summed E-state index contributed by atoms with van der Waals surface area (Å²) >= 11 is 0. The summed E-state index contributed by atoms with van der Waals surface area (Å²) in [5.74, 6) is -1.01. The van der Waals surface area contributed by atoms with Crippen LogP contribution in [0.5, 0.6) is 0 Å². The Morgan fingerprint density at radius 2 is 2.00 bits per heavy atom. The monoisotopic (exact) mass is 276 g/mol. The van der Waals surface area contributed by atoms with Crippen LogP contribution in [0.25, 0.3) is 0 Å². The highest BCUT2D eigenvalue weighted by Crippen LogP contribution is 2.20. The number of likely N-dealkylation sites (tertiary alicyclic amines) is 1. The molecule has 0 spiro atoms. The highest BCUT2D eigenvalue weighted by Gasteiger charge is 2.34. The zero-order valence-corrected chi connectivity index (χ0v) is 11.6. The maximum atomic E-state index is 12.2. The number of aliphatic carboxylic acids is 1. The van der Waals surface area contributed by atoms with Gasteiger partial charge in [-0.15, -0.1) is 0 Å². The molecule has 2 unspecified atom stereocenters. The number of benzene rings is 1. The van der Waals surface area contributed by atoms with Crippen LogP contribution >= 0.6 is 0 Å². The molecule has 1 aliphatic rings. The van der Waals surface area contributed by atoms with Crippen molar-refractivity contribution in [2.75, 3.05) is 11.9 Å². The number of hydrogen-bond donors (Lipinski definition) is 2. The van der Waals surface area contributed by atoms with Crippen molar-refractivity contribution in [1.82, 2.24) is 4.90 Å². The molecule has 1 aliphatic heterocycles.